The molecule has 1 aromatic rings. The lowest BCUT2D eigenvalue weighted by atomic mass is 10.1. The van der Waals surface area contributed by atoms with Crippen LogP contribution in [0.5, 0.6) is 0 Å². The number of carbonyl (C=O) groups is 1. The predicted molar refractivity (Wildman–Crippen MR) is 61.3 cm³/mol. The molecule has 0 aliphatic heterocycles. The van der Waals surface area contributed by atoms with E-state index < -0.39 is 11.7 Å². The normalized spacial score (nSPS) is 11.3. The molecule has 2 nitrogen and oxygen atoms in total. The molecule has 0 bridgehead atoms. The van der Waals surface area contributed by atoms with Crippen LogP contribution in [0, 0.1) is 5.82 Å². The monoisotopic (exact) mass is 273 g/mol. The molecule has 82 valence electrons. The van der Waals surface area contributed by atoms with Crippen molar-refractivity contribution in [1.82, 2.24) is 5.32 Å². The van der Waals surface area contributed by atoms with E-state index in [1.807, 2.05) is 20.8 Å². The van der Waals surface area contributed by atoms with Gasteiger partial charge >= 0.3 is 0 Å². The number of nitrogens with one attached hydrogen (secondary N) is 1. The lowest BCUT2D eigenvalue weighted by molar-refractivity contribution is 0.0914. The lowest BCUT2D eigenvalue weighted by Crippen LogP contribution is -2.41. The first kappa shape index (κ1) is 12.2. The van der Waals surface area contributed by atoms with Crippen molar-refractivity contribution in [2.45, 2.75) is 26.3 Å². The molecule has 0 aromatic heterocycles. The van der Waals surface area contributed by atoms with Crippen LogP contribution in [-0.2, 0) is 0 Å². The maximum atomic E-state index is 13.4. The molecule has 0 aliphatic rings. The zero-order valence-electron chi connectivity index (χ0n) is 8.90. The molecule has 0 aliphatic carbocycles. The number of rotatable bonds is 1. The lowest BCUT2D eigenvalue weighted by Gasteiger charge is -2.21. The Morgan fingerprint density at radius 2 is 2.00 bits per heavy atom. The highest BCUT2D eigenvalue weighted by atomic mass is 79.9. The van der Waals surface area contributed by atoms with Gasteiger partial charge in [0.15, 0.2) is 0 Å². The van der Waals surface area contributed by atoms with Crippen LogP contribution in [0.1, 0.15) is 31.1 Å². The van der Waals surface area contributed by atoms with Crippen LogP contribution < -0.4 is 5.32 Å². The third kappa shape index (κ3) is 3.30. The van der Waals surface area contributed by atoms with Gasteiger partial charge in [-0.2, -0.15) is 0 Å². The van der Waals surface area contributed by atoms with E-state index in [-0.39, 0.29) is 11.1 Å². The van der Waals surface area contributed by atoms with Crippen LogP contribution in [0.3, 0.4) is 0 Å². The molecule has 4 heteroatoms. The van der Waals surface area contributed by atoms with Crippen LogP contribution in [-0.4, -0.2) is 11.4 Å². The zero-order valence-corrected chi connectivity index (χ0v) is 10.5. The fourth-order valence-corrected chi connectivity index (χ4v) is 1.64. The van der Waals surface area contributed by atoms with Crippen LogP contribution in [0.2, 0.25) is 0 Å². The number of halogens is 2. The maximum Gasteiger partial charge on any atom is 0.255 e. The Kier molecular flexibility index (Phi) is 3.50. The highest BCUT2D eigenvalue weighted by Gasteiger charge is 2.20. The summed E-state index contributed by atoms with van der Waals surface area (Å²) in [6.07, 6.45) is 0. The average Bonchev–Trinajstić information content (AvgIpc) is 1.99. The summed E-state index contributed by atoms with van der Waals surface area (Å²) in [5.41, 5.74) is -0.328. The Morgan fingerprint density at radius 1 is 1.40 bits per heavy atom. The van der Waals surface area contributed by atoms with Crippen molar-refractivity contribution in [3.8, 4) is 0 Å². The minimum absolute atomic E-state index is 0.0485. The van der Waals surface area contributed by atoms with E-state index >= 15 is 0 Å². The Bertz CT molecular complexity index is 364. The van der Waals surface area contributed by atoms with Crippen molar-refractivity contribution >= 4 is 21.8 Å². The summed E-state index contributed by atoms with van der Waals surface area (Å²) in [7, 11) is 0. The first-order valence-corrected chi connectivity index (χ1v) is 5.37. The van der Waals surface area contributed by atoms with Crippen molar-refractivity contribution in [2.75, 3.05) is 0 Å². The quantitative estimate of drug-likeness (QED) is 0.837. The van der Waals surface area contributed by atoms with Gasteiger partial charge < -0.3 is 5.32 Å². The Labute approximate surface area is 97.0 Å². The number of hydrogen-bond acceptors (Lipinski definition) is 1. The number of hydrogen-bond donors (Lipinski definition) is 1. The minimum atomic E-state index is -0.522. The summed E-state index contributed by atoms with van der Waals surface area (Å²) in [6.45, 7) is 5.54. The molecule has 0 saturated carbocycles. The van der Waals surface area contributed by atoms with Crippen molar-refractivity contribution in [3.63, 3.8) is 0 Å². The van der Waals surface area contributed by atoms with Crippen LogP contribution >= 0.6 is 15.9 Å². The molecule has 1 amide bonds. The summed E-state index contributed by atoms with van der Waals surface area (Å²) in [6, 6.07) is 4.45. The summed E-state index contributed by atoms with van der Waals surface area (Å²) in [5, 5.41) is 2.71. The molecule has 0 fully saturated rings. The van der Waals surface area contributed by atoms with E-state index in [0.29, 0.717) is 4.47 Å². The smallest absolute Gasteiger partial charge is 0.255 e. The van der Waals surface area contributed by atoms with Gasteiger partial charge in [-0.15, -0.1) is 0 Å². The minimum Gasteiger partial charge on any atom is -0.347 e. The summed E-state index contributed by atoms with van der Waals surface area (Å²) in [4.78, 5) is 11.7. The third-order valence-electron chi connectivity index (χ3n) is 1.68. The van der Waals surface area contributed by atoms with Gasteiger partial charge in [-0.3, -0.25) is 4.79 Å². The Balaban J connectivity index is 3.02. The standard InChI is InChI=1S/C11H13BrFNO/c1-11(2,3)14-10(15)9-7(12)5-4-6-8(9)13/h4-6H,1-3H3,(H,14,15). The highest BCUT2D eigenvalue weighted by molar-refractivity contribution is 9.10. The van der Waals surface area contributed by atoms with Gasteiger partial charge in [-0.1, -0.05) is 6.07 Å². The molecular formula is C11H13BrFNO. The van der Waals surface area contributed by atoms with Gasteiger partial charge in [0, 0.05) is 10.0 Å². The van der Waals surface area contributed by atoms with E-state index in [1.54, 1.807) is 12.1 Å². The molecule has 1 rings (SSSR count). The predicted octanol–water partition coefficient (Wildman–Crippen LogP) is 3.12. The van der Waals surface area contributed by atoms with Crippen LogP contribution in [0.4, 0.5) is 4.39 Å². The topological polar surface area (TPSA) is 29.1 Å². The van der Waals surface area contributed by atoms with E-state index in [1.165, 1.54) is 6.07 Å². The highest BCUT2D eigenvalue weighted by Crippen LogP contribution is 2.20. The average molecular weight is 274 g/mol. The van der Waals surface area contributed by atoms with Gasteiger partial charge in [0.05, 0.1) is 5.56 Å². The van der Waals surface area contributed by atoms with E-state index in [2.05, 4.69) is 21.2 Å². The second-order valence-electron chi connectivity index (χ2n) is 4.30. The van der Waals surface area contributed by atoms with Crippen LogP contribution in [0.25, 0.3) is 0 Å². The number of benzene rings is 1. The largest absolute Gasteiger partial charge is 0.347 e. The third-order valence-corrected chi connectivity index (χ3v) is 2.34. The molecule has 0 radical (unpaired) electrons. The SMILES string of the molecule is CC(C)(C)NC(=O)c1c(F)cccc1Br. The molecule has 1 aromatic carbocycles. The molecule has 0 unspecified atom stereocenters. The number of amides is 1. The van der Waals surface area contributed by atoms with Gasteiger partial charge in [0.1, 0.15) is 5.82 Å². The fraction of sp³-hybridized carbons (Fsp3) is 0.364. The molecule has 1 N–H and O–H groups in total. The van der Waals surface area contributed by atoms with Crippen molar-refractivity contribution in [2.24, 2.45) is 0 Å². The van der Waals surface area contributed by atoms with Gasteiger partial charge in [0.25, 0.3) is 5.91 Å². The van der Waals surface area contributed by atoms with E-state index in [0.717, 1.165) is 0 Å². The maximum absolute atomic E-state index is 13.4. The first-order valence-electron chi connectivity index (χ1n) is 4.58. The fourth-order valence-electron chi connectivity index (χ4n) is 1.12. The molecule has 0 atom stereocenters. The molecule has 15 heavy (non-hydrogen) atoms. The molecule has 0 saturated heterocycles. The second kappa shape index (κ2) is 4.31. The number of carbonyl (C=O) groups excluding carboxylic acids is 1. The van der Waals surface area contributed by atoms with Gasteiger partial charge in [0.2, 0.25) is 0 Å². The van der Waals surface area contributed by atoms with E-state index in [4.69, 9.17) is 0 Å². The van der Waals surface area contributed by atoms with Crippen molar-refractivity contribution in [3.05, 3.63) is 34.1 Å². The van der Waals surface area contributed by atoms with E-state index in [9.17, 15) is 9.18 Å². The molecule has 0 heterocycles. The van der Waals surface area contributed by atoms with Crippen molar-refractivity contribution in [1.29, 1.82) is 0 Å². The second-order valence-corrected chi connectivity index (χ2v) is 5.16. The summed E-state index contributed by atoms with van der Waals surface area (Å²) >= 11 is 3.15. The zero-order chi connectivity index (χ0) is 11.6. The van der Waals surface area contributed by atoms with Gasteiger partial charge in [-0.05, 0) is 48.8 Å². The Morgan fingerprint density at radius 3 is 2.47 bits per heavy atom. The summed E-state index contributed by atoms with van der Waals surface area (Å²) < 4.78 is 13.8. The van der Waals surface area contributed by atoms with Crippen LogP contribution in [0.15, 0.2) is 22.7 Å². The Hall–Kier alpha value is -0.900. The first-order chi connectivity index (χ1) is 6.81. The van der Waals surface area contributed by atoms with Crippen molar-refractivity contribution < 1.29 is 9.18 Å². The summed E-state index contributed by atoms with van der Waals surface area (Å²) in [5.74, 6) is -0.932. The van der Waals surface area contributed by atoms with Gasteiger partial charge in [-0.25, -0.2) is 4.39 Å². The molecular weight excluding hydrogens is 261 g/mol. The molecule has 0 spiro atoms.